The Labute approximate surface area is 187 Å². The van der Waals surface area contributed by atoms with Gasteiger partial charge in [-0.15, -0.1) is 0 Å². The second-order valence-electron chi connectivity index (χ2n) is 7.94. The van der Waals surface area contributed by atoms with Crippen molar-refractivity contribution in [3.05, 3.63) is 99.2 Å². The van der Waals surface area contributed by atoms with E-state index in [1.807, 2.05) is 64.1 Å². The lowest BCUT2D eigenvalue weighted by Crippen LogP contribution is -2.32. The van der Waals surface area contributed by atoms with E-state index in [0.717, 1.165) is 33.5 Å². The summed E-state index contributed by atoms with van der Waals surface area (Å²) in [6.07, 6.45) is 0. The molecule has 2 amide bonds. The van der Waals surface area contributed by atoms with E-state index in [2.05, 4.69) is 5.32 Å². The number of hydrogen-bond donors (Lipinski definition) is 1. The monoisotopic (exact) mass is 430 g/mol. The SMILES string of the molecule is Cc1ccc(NC2=C(c3ccc(C)cc3C)C(=O)N(c3cccc(Cl)c3)C2=O)c(C)c1. The molecule has 0 fully saturated rings. The number of amides is 2. The first-order valence-corrected chi connectivity index (χ1v) is 10.4. The summed E-state index contributed by atoms with van der Waals surface area (Å²) in [5.74, 6) is -0.770. The molecule has 1 aliphatic heterocycles. The molecule has 0 atom stereocenters. The van der Waals surface area contributed by atoms with Gasteiger partial charge in [-0.25, -0.2) is 4.90 Å². The summed E-state index contributed by atoms with van der Waals surface area (Å²) < 4.78 is 0. The number of rotatable bonds is 4. The molecule has 0 aliphatic carbocycles. The van der Waals surface area contributed by atoms with Crippen LogP contribution in [0.5, 0.6) is 0 Å². The van der Waals surface area contributed by atoms with Gasteiger partial charge in [-0.3, -0.25) is 9.59 Å². The van der Waals surface area contributed by atoms with Gasteiger partial charge in [0.25, 0.3) is 11.8 Å². The Morgan fingerprint density at radius 1 is 0.774 bits per heavy atom. The van der Waals surface area contributed by atoms with Crippen molar-refractivity contribution in [2.24, 2.45) is 0 Å². The normalized spacial score (nSPS) is 13.9. The van der Waals surface area contributed by atoms with E-state index < -0.39 is 5.91 Å². The highest BCUT2D eigenvalue weighted by atomic mass is 35.5. The predicted octanol–water partition coefficient (Wildman–Crippen LogP) is 5.97. The number of carbonyl (C=O) groups excluding carboxylic acids is 2. The number of nitrogens with zero attached hydrogens (tertiary/aromatic N) is 1. The third-order valence-electron chi connectivity index (χ3n) is 5.44. The summed E-state index contributed by atoms with van der Waals surface area (Å²) >= 11 is 6.14. The number of benzene rings is 3. The highest BCUT2D eigenvalue weighted by Crippen LogP contribution is 2.36. The van der Waals surface area contributed by atoms with Crippen LogP contribution in [0.1, 0.15) is 27.8 Å². The van der Waals surface area contributed by atoms with E-state index in [1.54, 1.807) is 24.3 Å². The molecule has 0 unspecified atom stereocenters. The van der Waals surface area contributed by atoms with E-state index in [-0.39, 0.29) is 11.6 Å². The van der Waals surface area contributed by atoms with Gasteiger partial charge in [-0.1, -0.05) is 59.1 Å². The van der Waals surface area contributed by atoms with Crippen molar-refractivity contribution in [3.8, 4) is 0 Å². The number of anilines is 2. The number of hydrogen-bond acceptors (Lipinski definition) is 3. The van der Waals surface area contributed by atoms with Crippen LogP contribution < -0.4 is 10.2 Å². The molecule has 4 rings (SSSR count). The van der Waals surface area contributed by atoms with Crippen molar-refractivity contribution in [1.29, 1.82) is 0 Å². The molecular weight excluding hydrogens is 408 g/mol. The fourth-order valence-electron chi connectivity index (χ4n) is 3.93. The van der Waals surface area contributed by atoms with Gasteiger partial charge >= 0.3 is 0 Å². The van der Waals surface area contributed by atoms with Crippen LogP contribution in [-0.2, 0) is 9.59 Å². The topological polar surface area (TPSA) is 49.4 Å². The van der Waals surface area contributed by atoms with Crippen LogP contribution in [0.4, 0.5) is 11.4 Å². The number of aryl methyl sites for hydroxylation is 4. The Hall–Kier alpha value is -3.37. The second-order valence-corrected chi connectivity index (χ2v) is 8.37. The lowest BCUT2D eigenvalue weighted by Gasteiger charge is -2.16. The van der Waals surface area contributed by atoms with Crippen molar-refractivity contribution in [1.82, 2.24) is 0 Å². The molecular formula is C26H23ClN2O2. The van der Waals surface area contributed by atoms with Crippen molar-refractivity contribution >= 4 is 40.4 Å². The maximum Gasteiger partial charge on any atom is 0.282 e. The molecule has 31 heavy (non-hydrogen) atoms. The van der Waals surface area contributed by atoms with Crippen molar-refractivity contribution in [2.45, 2.75) is 27.7 Å². The van der Waals surface area contributed by atoms with Crippen molar-refractivity contribution in [3.63, 3.8) is 0 Å². The largest absolute Gasteiger partial charge is 0.350 e. The molecule has 0 bridgehead atoms. The first-order valence-electron chi connectivity index (χ1n) is 10.1. The summed E-state index contributed by atoms with van der Waals surface area (Å²) in [5, 5.41) is 3.72. The zero-order valence-corrected chi connectivity index (χ0v) is 18.7. The average molecular weight is 431 g/mol. The first kappa shape index (κ1) is 20.9. The van der Waals surface area contributed by atoms with Gasteiger partial charge in [-0.2, -0.15) is 0 Å². The summed E-state index contributed by atoms with van der Waals surface area (Å²) in [7, 11) is 0. The quantitative estimate of drug-likeness (QED) is 0.518. The Balaban J connectivity index is 1.88. The minimum atomic E-state index is -0.401. The molecule has 0 radical (unpaired) electrons. The number of nitrogens with one attached hydrogen (secondary N) is 1. The molecule has 0 spiro atoms. The maximum atomic E-state index is 13.6. The van der Waals surface area contributed by atoms with Crippen molar-refractivity contribution < 1.29 is 9.59 Å². The Morgan fingerprint density at radius 3 is 2.10 bits per heavy atom. The lowest BCUT2D eigenvalue weighted by atomic mass is 9.97. The molecule has 5 heteroatoms. The molecule has 3 aromatic carbocycles. The molecule has 4 nitrogen and oxygen atoms in total. The van der Waals surface area contributed by atoms with Crippen LogP contribution >= 0.6 is 11.6 Å². The molecule has 1 aliphatic rings. The fraction of sp³-hybridized carbons (Fsp3) is 0.154. The van der Waals surface area contributed by atoms with E-state index in [4.69, 9.17) is 11.6 Å². The number of carbonyl (C=O) groups is 2. The second kappa shape index (κ2) is 8.05. The van der Waals surface area contributed by atoms with E-state index in [1.165, 1.54) is 4.90 Å². The van der Waals surface area contributed by atoms with Crippen LogP contribution in [0.2, 0.25) is 5.02 Å². The minimum absolute atomic E-state index is 0.267. The maximum absolute atomic E-state index is 13.6. The van der Waals surface area contributed by atoms with Crippen LogP contribution in [0.3, 0.4) is 0 Å². The lowest BCUT2D eigenvalue weighted by molar-refractivity contribution is -0.120. The average Bonchev–Trinajstić information content (AvgIpc) is 2.94. The van der Waals surface area contributed by atoms with E-state index >= 15 is 0 Å². The highest BCUT2D eigenvalue weighted by molar-refractivity contribution is 6.46. The molecule has 3 aromatic rings. The van der Waals surface area contributed by atoms with E-state index in [9.17, 15) is 9.59 Å². The van der Waals surface area contributed by atoms with Gasteiger partial charge in [0.2, 0.25) is 0 Å². The Kier molecular flexibility index (Phi) is 5.42. The highest BCUT2D eigenvalue weighted by Gasteiger charge is 2.40. The molecule has 0 aromatic heterocycles. The molecule has 1 N–H and O–H groups in total. The Morgan fingerprint density at radius 2 is 1.45 bits per heavy atom. The molecule has 0 saturated carbocycles. The van der Waals surface area contributed by atoms with Crippen LogP contribution in [0, 0.1) is 27.7 Å². The molecule has 156 valence electrons. The zero-order valence-electron chi connectivity index (χ0n) is 17.9. The Bertz CT molecular complexity index is 1260. The zero-order chi connectivity index (χ0) is 22.3. The predicted molar refractivity (Wildman–Crippen MR) is 126 cm³/mol. The third-order valence-corrected chi connectivity index (χ3v) is 5.68. The summed E-state index contributed by atoms with van der Waals surface area (Å²) in [5.41, 5.74) is 6.75. The van der Waals surface area contributed by atoms with Crippen LogP contribution in [-0.4, -0.2) is 11.8 Å². The summed E-state index contributed by atoms with van der Waals surface area (Å²) in [4.78, 5) is 28.3. The van der Waals surface area contributed by atoms with Gasteiger partial charge in [0.1, 0.15) is 5.70 Å². The third kappa shape index (κ3) is 3.87. The standard InChI is InChI=1S/C26H23ClN2O2/c1-15-8-10-21(17(3)12-15)23-24(28-22-11-9-16(2)13-18(22)4)26(31)29(25(23)30)20-7-5-6-19(27)14-20/h5-14,28H,1-4H3. The molecule has 1 heterocycles. The van der Waals surface area contributed by atoms with Gasteiger partial charge in [-0.05, 0) is 68.7 Å². The smallest absolute Gasteiger partial charge is 0.282 e. The van der Waals surface area contributed by atoms with Gasteiger partial charge < -0.3 is 5.32 Å². The molecule has 0 saturated heterocycles. The number of halogens is 1. The van der Waals surface area contributed by atoms with Gasteiger partial charge in [0.15, 0.2) is 0 Å². The van der Waals surface area contributed by atoms with Crippen LogP contribution in [0.15, 0.2) is 66.4 Å². The van der Waals surface area contributed by atoms with Gasteiger partial charge in [0.05, 0.1) is 11.3 Å². The number of imide groups is 1. The summed E-state index contributed by atoms with van der Waals surface area (Å²) in [6.45, 7) is 7.94. The fourth-order valence-corrected chi connectivity index (χ4v) is 4.11. The summed E-state index contributed by atoms with van der Waals surface area (Å²) in [6, 6.07) is 18.6. The first-order chi connectivity index (χ1) is 14.8. The van der Waals surface area contributed by atoms with Gasteiger partial charge in [0, 0.05) is 10.7 Å². The minimum Gasteiger partial charge on any atom is -0.350 e. The van der Waals surface area contributed by atoms with E-state index in [0.29, 0.717) is 16.3 Å². The van der Waals surface area contributed by atoms with Crippen molar-refractivity contribution in [2.75, 3.05) is 10.2 Å². The van der Waals surface area contributed by atoms with Crippen LogP contribution in [0.25, 0.3) is 5.57 Å².